The van der Waals surface area contributed by atoms with Gasteiger partial charge in [0.1, 0.15) is 90.3 Å². The maximum absolute atomic E-state index is 15.8. The van der Waals surface area contributed by atoms with E-state index in [1.54, 1.807) is 67.8 Å². The van der Waals surface area contributed by atoms with Crippen molar-refractivity contribution in [3.05, 3.63) is 120 Å². The van der Waals surface area contributed by atoms with Gasteiger partial charge in [0.25, 0.3) is 0 Å². The number of hydrogen-bond donors (Lipinski definition) is 20. The second-order valence-corrected chi connectivity index (χ2v) is 35.1. The van der Waals surface area contributed by atoms with Crippen molar-refractivity contribution in [2.75, 3.05) is 58.8 Å². The van der Waals surface area contributed by atoms with Gasteiger partial charge in [0.2, 0.25) is 100 Å². The molecular weight excluding hydrogens is 1790 g/mol. The normalized spacial score (nSPS) is 24.6. The van der Waals surface area contributed by atoms with Crippen LogP contribution in [0.15, 0.2) is 97.7 Å². The number of carbonyl (C=O) groups is 19. The number of aromatic hydroxyl groups is 1. The monoisotopic (exact) mass is 1910 g/mol. The van der Waals surface area contributed by atoms with Crippen molar-refractivity contribution in [3.8, 4) is 5.75 Å². The number of aliphatic hydroxyl groups excluding tert-OH is 1. The maximum Gasteiger partial charge on any atom is 0.303 e. The predicted octanol–water partition coefficient (Wildman–Crippen LogP) is -3.15. The predicted molar refractivity (Wildman–Crippen MR) is 491 cm³/mol. The van der Waals surface area contributed by atoms with Gasteiger partial charge in [-0.2, -0.15) is 0 Å². The van der Waals surface area contributed by atoms with E-state index in [0.29, 0.717) is 69.5 Å². The molecule has 6 heterocycles. The number of phenols is 1. The number of aliphatic hydroxyl groups is 1. The van der Waals surface area contributed by atoms with Crippen LogP contribution < -0.4 is 70.4 Å². The third-order valence-corrected chi connectivity index (χ3v) is 25.2. The van der Waals surface area contributed by atoms with Crippen LogP contribution in [0.25, 0.3) is 21.8 Å². The Labute approximate surface area is 786 Å². The first-order valence-corrected chi connectivity index (χ1v) is 46.2. The number of carboxylic acids is 2. The molecule has 0 spiro atoms. The number of nitrogens with one attached hydrogen (secondary N) is 13. The number of aliphatic carboxylic acids is 2. The lowest BCUT2D eigenvalue weighted by Gasteiger charge is -2.36. The Hall–Kier alpha value is -14.1. The van der Waals surface area contributed by atoms with Gasteiger partial charge in [0, 0.05) is 125 Å². The summed E-state index contributed by atoms with van der Waals surface area (Å²) in [6.07, 6.45) is -0.127. The smallest absolute Gasteiger partial charge is 0.303 e. The fraction of sp³-hybridized carbons (Fsp3) is 0.511. The van der Waals surface area contributed by atoms with Crippen molar-refractivity contribution in [2.24, 2.45) is 17.2 Å². The van der Waals surface area contributed by atoms with Crippen LogP contribution in [0.5, 0.6) is 5.75 Å². The average Bonchev–Trinajstić information content (AvgIpc) is 1.64. The molecule has 3 saturated heterocycles. The topological polar surface area (TPSA) is 680 Å². The molecule has 9 rings (SSSR count). The lowest BCUT2D eigenvalue weighted by molar-refractivity contribution is -0.149. The number of amides is 17. The molecule has 0 aliphatic carbocycles. The molecule has 23 N–H and O–H groups in total. The molecule has 0 radical (unpaired) electrons. The molecule has 3 fully saturated rings. The summed E-state index contributed by atoms with van der Waals surface area (Å²) < 4.78 is 0. The maximum atomic E-state index is 15.8. The zero-order valence-corrected chi connectivity index (χ0v) is 77.3. The number of rotatable bonds is 27. The molecule has 46 heteroatoms. The molecule has 3 aliphatic heterocycles. The number of hydrogen-bond acceptors (Lipinski definition) is 24. The number of H-pyrrole nitrogens is 3. The number of primary amides is 2. The van der Waals surface area contributed by atoms with Crippen LogP contribution in [0.3, 0.4) is 0 Å². The molecule has 15 atom stereocenters. The molecule has 136 heavy (non-hydrogen) atoms. The largest absolute Gasteiger partial charge is 0.508 e. The highest BCUT2D eigenvalue weighted by molar-refractivity contribution is 8.00. The van der Waals surface area contributed by atoms with Crippen LogP contribution in [-0.4, -0.2) is 327 Å². The van der Waals surface area contributed by atoms with E-state index < -0.39 is 273 Å². The molecule has 17 amide bonds. The van der Waals surface area contributed by atoms with Crippen molar-refractivity contribution in [1.82, 2.24) is 97.6 Å². The highest BCUT2D eigenvalue weighted by Gasteiger charge is 2.47. The Morgan fingerprint density at radius 1 is 0.515 bits per heavy atom. The lowest BCUT2D eigenvalue weighted by Crippen LogP contribution is -2.61. The summed E-state index contributed by atoms with van der Waals surface area (Å²) in [5.41, 5.74) is 20.0. The van der Waals surface area contributed by atoms with E-state index >= 15 is 38.4 Å². The van der Waals surface area contributed by atoms with Crippen LogP contribution in [0, 0.1) is 0 Å². The fourth-order valence-electron chi connectivity index (χ4n) is 16.6. The molecular formula is C90H122N22O23S. The number of nitrogens with zero attached hydrogens (tertiary/aromatic N) is 6. The molecule has 3 aromatic heterocycles. The number of phenolic OH excluding ortho intramolecular Hbond substituents is 1. The van der Waals surface area contributed by atoms with E-state index in [0.717, 1.165) is 24.5 Å². The van der Waals surface area contributed by atoms with E-state index in [2.05, 4.69) is 73.1 Å². The summed E-state index contributed by atoms with van der Waals surface area (Å²) in [7, 11) is 3.79. The molecule has 45 nitrogen and oxygen atoms in total. The van der Waals surface area contributed by atoms with E-state index in [4.69, 9.17) is 17.2 Å². The van der Waals surface area contributed by atoms with Crippen LogP contribution in [0.2, 0.25) is 0 Å². The van der Waals surface area contributed by atoms with E-state index in [1.165, 1.54) is 64.9 Å². The Morgan fingerprint density at radius 3 is 1.61 bits per heavy atom. The second-order valence-electron chi connectivity index (χ2n) is 34.1. The quantitative estimate of drug-likeness (QED) is 0.0242. The number of thioether (sulfide) groups is 1. The first-order chi connectivity index (χ1) is 64.8. The lowest BCUT2D eigenvalue weighted by atomic mass is 9.99. The number of nitrogens with two attached hydrogens (primary N) is 3. The highest BCUT2D eigenvalue weighted by Crippen LogP contribution is 2.28. The standard InChI is InChI=1S/C90H122N22O23S/c1-7-9-20-68-83(128)101-59(27-29-75(118)119)79(124)107-67(78(123)97-43-73(93)116)45-136-46-74(117)99-64(34-49-23-25-53(113)26-24-49)86(131)108(4)48(3)77(122)105-66(39-72(92)115)89(134)111-33-15-22-69(111)84(129)104-63(37-52-42-94-47-98-52)82(127)102-61(28-30-76(120)121)88(133)112-44-54(114)38-71(112)85(130)103-62(35-50-40-95-57-18-13-11-16-55(50)57)81(126)100-60(31-32-91)80(125)106-65(36-51-41-96-58-19-14-12-17-56(51)58)87(132)110(6)70(21-10-8-2)90(135)109(68)5/h11-14,16-19,23-26,40-42,47-48,54,59-71,95-96,113-114H,7-10,15,20-22,27-39,43-46,91H2,1-6H3,(H2,92,115)(H2,93,116)(H,94,98)(H,97,123)(H,99,117)(H,100,126)(H,101,128)(H,102,127)(H,103,130)(H,104,129)(H,105,122)(H,106,125)(H,107,124)(H,118,119)(H,120,121)/t48-,54+,59-,60-,61-,62-,63-,64-,65-,66-,67-,68-,69-,70-,71-/m0/s1. The minimum Gasteiger partial charge on any atom is -0.508 e. The molecule has 3 aliphatic rings. The number of carboxylic acid groups (broad SMARTS) is 2. The molecule has 0 saturated carbocycles. The Balaban J connectivity index is 1.11. The van der Waals surface area contributed by atoms with E-state index in [-0.39, 0.29) is 82.3 Å². The minimum absolute atomic E-state index is 0.0422. The second kappa shape index (κ2) is 50.3. The summed E-state index contributed by atoms with van der Waals surface area (Å²) in [6, 6.07) is -3.54. The van der Waals surface area contributed by atoms with Crippen LogP contribution in [-0.2, 0) is 117 Å². The molecule has 736 valence electrons. The SMILES string of the molecule is CCCC[C@H]1C(=O)N(C)[C@@H](CCCC)C(=O)N[C@@H](CCC(=O)O)C(=O)N[C@H](C(=O)NCC(N)=O)CSCC(=O)N[C@@H](Cc2ccc(O)cc2)C(=O)N(C)[C@@H](C)C(=O)N[C@@H](CC(N)=O)C(=O)N2CCC[C@H]2C(=O)N[C@@H](Cc2c[nH]cn2)C(=O)N[C@@H](CCC(=O)O)C(=O)N2C[C@H](O)C[C@H]2C(=O)N[C@@H](Cc2c[nH]c3ccccc23)C(=O)N[C@@H](CCN)C(=O)N[C@@H](Cc2c[nH]c3ccccc23)C(=O)N1C. The van der Waals surface area contributed by atoms with Gasteiger partial charge < -0.3 is 130 Å². The van der Waals surface area contributed by atoms with Gasteiger partial charge >= 0.3 is 11.9 Å². The Kier molecular flexibility index (Phi) is 39.1. The third kappa shape index (κ3) is 29.2. The molecule has 0 bridgehead atoms. The third-order valence-electron chi connectivity index (χ3n) is 24.2. The number of unbranched alkanes of at least 4 members (excludes halogenated alkanes) is 2. The van der Waals surface area contributed by atoms with Gasteiger partial charge in [-0.15, -0.1) is 11.8 Å². The summed E-state index contributed by atoms with van der Waals surface area (Å²) in [6.45, 7) is 3.02. The average molecular weight is 1910 g/mol. The number of aromatic amines is 3. The first-order valence-electron chi connectivity index (χ1n) is 45.0. The van der Waals surface area contributed by atoms with Crippen LogP contribution in [0.1, 0.15) is 139 Å². The Bertz CT molecular complexity index is 5300. The summed E-state index contributed by atoms with van der Waals surface area (Å²) in [5, 5.41) is 68.9. The number of imidazole rings is 1. The Morgan fingerprint density at radius 2 is 1.02 bits per heavy atom. The summed E-state index contributed by atoms with van der Waals surface area (Å²) in [5.74, 6) is -21.4. The highest BCUT2D eigenvalue weighted by atomic mass is 32.2. The fourth-order valence-corrected chi connectivity index (χ4v) is 17.5. The van der Waals surface area contributed by atoms with Gasteiger partial charge in [0.05, 0.1) is 36.8 Å². The summed E-state index contributed by atoms with van der Waals surface area (Å²) in [4.78, 5) is 293. The molecule has 0 unspecified atom stereocenters. The number of carbonyl (C=O) groups excluding carboxylic acids is 17. The number of fused-ring (bicyclic) bond motifs is 4. The summed E-state index contributed by atoms with van der Waals surface area (Å²) >= 11 is 0.698. The van der Waals surface area contributed by atoms with E-state index in [9.17, 15) is 73.2 Å². The van der Waals surface area contributed by atoms with Gasteiger partial charge in [-0.05, 0) is 99.4 Å². The van der Waals surface area contributed by atoms with Crippen molar-refractivity contribution >= 4 is 146 Å². The minimum atomic E-state index is -1.85. The van der Waals surface area contributed by atoms with Crippen LogP contribution >= 0.6 is 11.8 Å². The number of benzene rings is 3. The van der Waals surface area contributed by atoms with Gasteiger partial charge in [-0.25, -0.2) is 4.98 Å². The molecule has 6 aromatic rings. The number of likely N-dealkylation sites (N-methyl/N-ethyl adjacent to an activating group) is 3. The van der Waals surface area contributed by atoms with Crippen molar-refractivity contribution in [1.29, 1.82) is 0 Å². The first kappa shape index (κ1) is 106. The molecule has 3 aromatic carbocycles. The van der Waals surface area contributed by atoms with Gasteiger partial charge in [0.15, 0.2) is 0 Å². The van der Waals surface area contributed by atoms with Crippen molar-refractivity contribution in [2.45, 2.75) is 233 Å². The zero-order chi connectivity index (χ0) is 99.3. The van der Waals surface area contributed by atoms with E-state index in [1.807, 2.05) is 6.92 Å². The van der Waals surface area contributed by atoms with Crippen molar-refractivity contribution in [3.63, 3.8) is 0 Å². The van der Waals surface area contributed by atoms with Gasteiger partial charge in [-0.3, -0.25) is 91.1 Å². The number of aromatic nitrogens is 4. The van der Waals surface area contributed by atoms with Crippen molar-refractivity contribution < 1.29 is 112 Å². The zero-order valence-electron chi connectivity index (χ0n) is 76.4. The number of para-hydroxylation sites is 2. The van der Waals surface area contributed by atoms with Gasteiger partial charge in [-0.1, -0.05) is 88.1 Å². The van der Waals surface area contributed by atoms with Crippen LogP contribution in [0.4, 0.5) is 0 Å².